The van der Waals surface area contributed by atoms with Crippen LogP contribution in [-0.2, 0) is 4.79 Å². The van der Waals surface area contributed by atoms with Gasteiger partial charge in [0.25, 0.3) is 0 Å². The molecule has 0 saturated heterocycles. The van der Waals surface area contributed by atoms with E-state index in [1.54, 1.807) is 0 Å². The second kappa shape index (κ2) is 4.97. The average Bonchev–Trinajstić information content (AvgIpc) is 2.56. The quantitative estimate of drug-likeness (QED) is 0.834. The van der Waals surface area contributed by atoms with Gasteiger partial charge < -0.3 is 10.6 Å². The lowest BCUT2D eigenvalue weighted by Gasteiger charge is -2.10. The molecule has 1 aliphatic heterocycles. The topological polar surface area (TPSA) is 41.1 Å². The number of anilines is 1. The fourth-order valence-corrected chi connectivity index (χ4v) is 2.24. The Labute approximate surface area is 104 Å². The first-order chi connectivity index (χ1) is 7.72. The van der Waals surface area contributed by atoms with Crippen molar-refractivity contribution >= 4 is 27.5 Å². The standard InChI is InChI=1S/C12H15BrN2O/c1-2-3-6-14-11-9-7-8(13)4-5-10(9)15-12(11)16/h4-5,7,11,14H,2-3,6H2,1H3,(H,15,16). The highest BCUT2D eigenvalue weighted by molar-refractivity contribution is 9.10. The minimum atomic E-state index is -0.195. The molecule has 1 amide bonds. The minimum Gasteiger partial charge on any atom is -0.324 e. The van der Waals surface area contributed by atoms with Gasteiger partial charge in [-0.25, -0.2) is 0 Å². The highest BCUT2D eigenvalue weighted by Crippen LogP contribution is 2.32. The summed E-state index contributed by atoms with van der Waals surface area (Å²) in [6.07, 6.45) is 2.22. The van der Waals surface area contributed by atoms with Crippen LogP contribution in [0.5, 0.6) is 0 Å². The molecule has 1 unspecified atom stereocenters. The number of hydrogen-bond acceptors (Lipinski definition) is 2. The Hall–Kier alpha value is -0.870. The number of hydrogen-bond donors (Lipinski definition) is 2. The molecule has 0 aromatic heterocycles. The first kappa shape index (κ1) is 11.6. The van der Waals surface area contributed by atoms with Gasteiger partial charge in [0.1, 0.15) is 6.04 Å². The molecule has 3 nitrogen and oxygen atoms in total. The van der Waals surface area contributed by atoms with Crippen LogP contribution in [0.25, 0.3) is 0 Å². The maximum atomic E-state index is 11.7. The van der Waals surface area contributed by atoms with E-state index in [9.17, 15) is 4.79 Å². The van der Waals surface area contributed by atoms with Gasteiger partial charge in [-0.2, -0.15) is 0 Å². The lowest BCUT2D eigenvalue weighted by atomic mass is 10.1. The molecule has 2 rings (SSSR count). The molecular formula is C12H15BrN2O. The Bertz CT molecular complexity index is 406. The van der Waals surface area contributed by atoms with Crippen LogP contribution in [0.15, 0.2) is 22.7 Å². The third-order valence-electron chi connectivity index (χ3n) is 2.72. The number of fused-ring (bicyclic) bond motifs is 1. The van der Waals surface area contributed by atoms with Crippen LogP contribution in [0, 0.1) is 0 Å². The van der Waals surface area contributed by atoms with Crippen LogP contribution >= 0.6 is 15.9 Å². The van der Waals surface area contributed by atoms with Crippen molar-refractivity contribution in [1.29, 1.82) is 0 Å². The van der Waals surface area contributed by atoms with Gasteiger partial charge in [0.05, 0.1) is 0 Å². The SMILES string of the molecule is CCCCNC1C(=O)Nc2ccc(Br)cc21. The second-order valence-corrected chi connectivity index (χ2v) is 4.88. The van der Waals surface area contributed by atoms with Crippen molar-refractivity contribution in [3.8, 4) is 0 Å². The number of carbonyl (C=O) groups is 1. The lowest BCUT2D eigenvalue weighted by molar-refractivity contribution is -0.117. The first-order valence-electron chi connectivity index (χ1n) is 5.56. The minimum absolute atomic E-state index is 0.0456. The molecule has 1 atom stereocenters. The van der Waals surface area contributed by atoms with Crippen LogP contribution in [0.2, 0.25) is 0 Å². The summed E-state index contributed by atoms with van der Waals surface area (Å²) in [5.41, 5.74) is 1.96. The van der Waals surface area contributed by atoms with Crippen molar-refractivity contribution in [3.05, 3.63) is 28.2 Å². The van der Waals surface area contributed by atoms with Crippen molar-refractivity contribution < 1.29 is 4.79 Å². The summed E-state index contributed by atoms with van der Waals surface area (Å²) in [6.45, 7) is 3.02. The molecule has 0 bridgehead atoms. The molecule has 86 valence electrons. The van der Waals surface area contributed by atoms with Gasteiger partial charge in [0.15, 0.2) is 0 Å². The highest BCUT2D eigenvalue weighted by Gasteiger charge is 2.29. The van der Waals surface area contributed by atoms with Gasteiger partial charge in [-0.1, -0.05) is 29.3 Å². The zero-order chi connectivity index (χ0) is 11.5. The summed E-state index contributed by atoms with van der Waals surface area (Å²) in [7, 11) is 0. The van der Waals surface area contributed by atoms with Gasteiger partial charge in [0.2, 0.25) is 5.91 Å². The molecular weight excluding hydrogens is 268 g/mol. The number of benzene rings is 1. The van der Waals surface area contributed by atoms with Crippen LogP contribution < -0.4 is 10.6 Å². The number of carbonyl (C=O) groups excluding carboxylic acids is 1. The van der Waals surface area contributed by atoms with Gasteiger partial charge in [-0.15, -0.1) is 0 Å². The van der Waals surface area contributed by atoms with Crippen molar-refractivity contribution in [3.63, 3.8) is 0 Å². The third kappa shape index (κ3) is 2.28. The molecule has 0 aliphatic carbocycles. The molecule has 1 aromatic carbocycles. The first-order valence-corrected chi connectivity index (χ1v) is 6.35. The van der Waals surface area contributed by atoms with Gasteiger partial charge in [0, 0.05) is 15.7 Å². The van der Waals surface area contributed by atoms with Crippen molar-refractivity contribution in [2.45, 2.75) is 25.8 Å². The van der Waals surface area contributed by atoms with Crippen LogP contribution in [0.4, 0.5) is 5.69 Å². The summed E-state index contributed by atoms with van der Waals surface area (Å²) in [5.74, 6) is 0.0456. The fraction of sp³-hybridized carbons (Fsp3) is 0.417. The van der Waals surface area contributed by atoms with E-state index in [2.05, 4.69) is 33.5 Å². The van der Waals surface area contributed by atoms with E-state index in [0.717, 1.165) is 35.1 Å². The maximum absolute atomic E-state index is 11.7. The number of unbranched alkanes of at least 4 members (excludes halogenated alkanes) is 1. The van der Waals surface area contributed by atoms with Crippen molar-refractivity contribution in [2.75, 3.05) is 11.9 Å². The number of halogens is 1. The van der Waals surface area contributed by atoms with Crippen molar-refractivity contribution in [2.24, 2.45) is 0 Å². The van der Waals surface area contributed by atoms with E-state index in [1.807, 2.05) is 18.2 Å². The average molecular weight is 283 g/mol. The van der Waals surface area contributed by atoms with E-state index in [1.165, 1.54) is 0 Å². The van der Waals surface area contributed by atoms with Gasteiger partial charge >= 0.3 is 0 Å². The largest absolute Gasteiger partial charge is 0.324 e. The highest BCUT2D eigenvalue weighted by atomic mass is 79.9. The number of rotatable bonds is 4. The normalized spacial score (nSPS) is 18.4. The Balaban J connectivity index is 2.15. The fourth-order valence-electron chi connectivity index (χ4n) is 1.86. The molecule has 1 heterocycles. The molecule has 1 aromatic rings. The zero-order valence-corrected chi connectivity index (χ0v) is 10.8. The van der Waals surface area contributed by atoms with Crippen LogP contribution in [0.3, 0.4) is 0 Å². The van der Waals surface area contributed by atoms with Crippen molar-refractivity contribution in [1.82, 2.24) is 5.32 Å². The summed E-state index contributed by atoms with van der Waals surface area (Å²) >= 11 is 3.43. The predicted molar refractivity (Wildman–Crippen MR) is 68.4 cm³/mol. The summed E-state index contributed by atoms with van der Waals surface area (Å²) < 4.78 is 1.00. The maximum Gasteiger partial charge on any atom is 0.246 e. The molecule has 2 N–H and O–H groups in total. The molecule has 16 heavy (non-hydrogen) atoms. The van der Waals surface area contributed by atoms with Crippen LogP contribution in [0.1, 0.15) is 31.4 Å². The Morgan fingerprint density at radius 3 is 3.06 bits per heavy atom. The lowest BCUT2D eigenvalue weighted by Crippen LogP contribution is -2.28. The molecule has 0 spiro atoms. The number of amides is 1. The molecule has 4 heteroatoms. The number of nitrogens with one attached hydrogen (secondary N) is 2. The summed E-state index contributed by atoms with van der Waals surface area (Å²) in [5, 5.41) is 6.16. The van der Waals surface area contributed by atoms with Crippen LogP contribution in [-0.4, -0.2) is 12.5 Å². The summed E-state index contributed by atoms with van der Waals surface area (Å²) in [6, 6.07) is 5.67. The Kier molecular flexibility index (Phi) is 3.61. The van der Waals surface area contributed by atoms with E-state index >= 15 is 0 Å². The Morgan fingerprint density at radius 1 is 1.50 bits per heavy atom. The molecule has 1 aliphatic rings. The van der Waals surface area contributed by atoms with E-state index < -0.39 is 0 Å². The predicted octanol–water partition coefficient (Wildman–Crippen LogP) is 2.83. The Morgan fingerprint density at radius 2 is 2.31 bits per heavy atom. The monoisotopic (exact) mass is 282 g/mol. The second-order valence-electron chi connectivity index (χ2n) is 3.96. The molecule has 0 saturated carbocycles. The van der Waals surface area contributed by atoms with Gasteiger partial charge in [-0.05, 0) is 31.2 Å². The van der Waals surface area contributed by atoms with E-state index in [-0.39, 0.29) is 11.9 Å². The van der Waals surface area contributed by atoms with E-state index in [4.69, 9.17) is 0 Å². The summed E-state index contributed by atoms with van der Waals surface area (Å²) in [4.78, 5) is 11.7. The zero-order valence-electron chi connectivity index (χ0n) is 9.22. The smallest absolute Gasteiger partial charge is 0.246 e. The third-order valence-corrected chi connectivity index (χ3v) is 3.22. The molecule has 0 fully saturated rings. The van der Waals surface area contributed by atoms with E-state index in [0.29, 0.717) is 0 Å². The molecule has 0 radical (unpaired) electrons. The van der Waals surface area contributed by atoms with Gasteiger partial charge in [-0.3, -0.25) is 4.79 Å².